The van der Waals surface area contributed by atoms with Gasteiger partial charge >= 0.3 is 0 Å². The van der Waals surface area contributed by atoms with Gasteiger partial charge in [-0.25, -0.2) is 9.97 Å². The fourth-order valence-corrected chi connectivity index (χ4v) is 1.82. The van der Waals surface area contributed by atoms with E-state index in [0.29, 0.717) is 0 Å². The van der Waals surface area contributed by atoms with Crippen LogP contribution in [-0.2, 0) is 0 Å². The van der Waals surface area contributed by atoms with Crippen LogP contribution in [0.25, 0.3) is 16.9 Å². The summed E-state index contributed by atoms with van der Waals surface area (Å²) in [5.74, 6) is 0. The van der Waals surface area contributed by atoms with Gasteiger partial charge in [0.2, 0.25) is 0 Å². The fourth-order valence-electron chi connectivity index (χ4n) is 1.82. The maximum Gasteiger partial charge on any atom is 0.164 e. The number of fused-ring (bicyclic) bond motifs is 1. The van der Waals surface area contributed by atoms with E-state index in [-0.39, 0.29) is 0 Å². The lowest BCUT2D eigenvalue weighted by Gasteiger charge is -2.06. The van der Waals surface area contributed by atoms with Crippen molar-refractivity contribution in [2.24, 2.45) is 0 Å². The first-order chi connectivity index (χ1) is 8.25. The Bertz CT molecular complexity index is 685. The summed E-state index contributed by atoms with van der Waals surface area (Å²) in [4.78, 5) is 8.64. The number of imidazole rings is 1. The minimum atomic E-state index is 0.778. The third kappa shape index (κ3) is 1.54. The molecule has 3 rings (SSSR count). The van der Waals surface area contributed by atoms with Gasteiger partial charge in [-0.1, -0.05) is 6.07 Å². The third-order valence-corrected chi connectivity index (χ3v) is 2.85. The summed E-state index contributed by atoms with van der Waals surface area (Å²) in [6, 6.07) is 9.77. The molecular weight excluding hydrogens is 212 g/mol. The zero-order chi connectivity index (χ0) is 11.8. The highest BCUT2D eigenvalue weighted by atomic mass is 15.1. The Kier molecular flexibility index (Phi) is 2.08. The molecule has 0 amide bonds. The van der Waals surface area contributed by atoms with Gasteiger partial charge in [0, 0.05) is 11.9 Å². The normalized spacial score (nSPS) is 10.9. The maximum absolute atomic E-state index is 5.92. The van der Waals surface area contributed by atoms with Crippen LogP contribution in [0, 0.1) is 6.92 Å². The van der Waals surface area contributed by atoms with Crippen molar-refractivity contribution in [3.63, 3.8) is 0 Å². The molecule has 0 saturated carbocycles. The number of pyridine rings is 1. The fraction of sp³-hybridized carbons (Fsp3) is 0.0769. The van der Waals surface area contributed by atoms with Gasteiger partial charge in [-0.2, -0.15) is 0 Å². The third-order valence-electron chi connectivity index (χ3n) is 2.85. The zero-order valence-corrected chi connectivity index (χ0v) is 9.46. The van der Waals surface area contributed by atoms with Crippen molar-refractivity contribution in [1.82, 2.24) is 14.5 Å². The number of anilines is 1. The maximum atomic E-state index is 5.92. The SMILES string of the molecule is Cc1ccc(-n2cnc3cccnc32)cc1N. The first-order valence-corrected chi connectivity index (χ1v) is 5.40. The Morgan fingerprint density at radius 1 is 1.18 bits per heavy atom. The summed E-state index contributed by atoms with van der Waals surface area (Å²) in [6.07, 6.45) is 3.53. The van der Waals surface area contributed by atoms with Gasteiger partial charge in [0.15, 0.2) is 5.65 Å². The second kappa shape index (κ2) is 3.59. The van der Waals surface area contributed by atoms with Crippen LogP contribution in [0.15, 0.2) is 42.9 Å². The predicted molar refractivity (Wildman–Crippen MR) is 68.0 cm³/mol. The lowest BCUT2D eigenvalue weighted by atomic mass is 10.2. The first-order valence-electron chi connectivity index (χ1n) is 5.40. The van der Waals surface area contributed by atoms with Crippen molar-refractivity contribution in [2.75, 3.05) is 5.73 Å². The van der Waals surface area contributed by atoms with Gasteiger partial charge < -0.3 is 5.73 Å². The van der Waals surface area contributed by atoms with Crippen molar-refractivity contribution in [3.8, 4) is 5.69 Å². The van der Waals surface area contributed by atoms with E-state index in [1.807, 2.05) is 41.8 Å². The van der Waals surface area contributed by atoms with Gasteiger partial charge in [0.25, 0.3) is 0 Å². The Labute approximate surface area is 98.7 Å². The molecule has 0 unspecified atom stereocenters. The van der Waals surface area contributed by atoms with Crippen LogP contribution in [-0.4, -0.2) is 14.5 Å². The van der Waals surface area contributed by atoms with Gasteiger partial charge in [0.1, 0.15) is 11.8 Å². The van der Waals surface area contributed by atoms with Gasteiger partial charge in [0.05, 0.1) is 5.69 Å². The molecule has 0 atom stereocenters. The minimum Gasteiger partial charge on any atom is -0.398 e. The van der Waals surface area contributed by atoms with Crippen LogP contribution in [0.5, 0.6) is 0 Å². The van der Waals surface area contributed by atoms with Crippen LogP contribution < -0.4 is 5.73 Å². The predicted octanol–water partition coefficient (Wildman–Crippen LogP) is 2.31. The van der Waals surface area contributed by atoms with Gasteiger partial charge in [-0.3, -0.25) is 4.57 Å². The average molecular weight is 224 g/mol. The van der Waals surface area contributed by atoms with Crippen LogP contribution in [0.1, 0.15) is 5.56 Å². The lowest BCUT2D eigenvalue weighted by Crippen LogP contribution is -1.96. The molecule has 84 valence electrons. The minimum absolute atomic E-state index is 0.778. The van der Waals surface area contributed by atoms with Gasteiger partial charge in [-0.05, 0) is 36.8 Å². The number of hydrogen-bond donors (Lipinski definition) is 1. The summed E-state index contributed by atoms with van der Waals surface area (Å²) >= 11 is 0. The van der Waals surface area contributed by atoms with Crippen molar-refractivity contribution >= 4 is 16.9 Å². The van der Waals surface area contributed by atoms with E-state index in [0.717, 1.165) is 28.1 Å². The number of benzene rings is 1. The van der Waals surface area contributed by atoms with Crippen LogP contribution in [0.4, 0.5) is 5.69 Å². The molecule has 0 fully saturated rings. The number of aryl methyl sites for hydroxylation is 1. The summed E-state index contributed by atoms with van der Waals surface area (Å²) in [6.45, 7) is 1.99. The summed E-state index contributed by atoms with van der Waals surface area (Å²) in [5.41, 5.74) is 10.5. The molecular formula is C13H12N4. The molecule has 17 heavy (non-hydrogen) atoms. The average Bonchev–Trinajstić information content (AvgIpc) is 2.76. The van der Waals surface area contributed by atoms with E-state index >= 15 is 0 Å². The van der Waals surface area contributed by atoms with Crippen LogP contribution in [0.3, 0.4) is 0 Å². The molecule has 4 nitrogen and oxygen atoms in total. The summed E-state index contributed by atoms with van der Waals surface area (Å²) < 4.78 is 1.94. The molecule has 0 aliphatic rings. The molecule has 0 bridgehead atoms. The number of rotatable bonds is 1. The number of aromatic nitrogens is 3. The quantitative estimate of drug-likeness (QED) is 0.645. The van der Waals surface area contributed by atoms with E-state index in [9.17, 15) is 0 Å². The van der Waals surface area contributed by atoms with E-state index in [1.165, 1.54) is 0 Å². The monoisotopic (exact) mass is 224 g/mol. The van der Waals surface area contributed by atoms with Gasteiger partial charge in [-0.15, -0.1) is 0 Å². The Morgan fingerprint density at radius 3 is 2.88 bits per heavy atom. The van der Waals surface area contributed by atoms with Crippen LogP contribution >= 0.6 is 0 Å². The topological polar surface area (TPSA) is 56.7 Å². The molecule has 2 aromatic heterocycles. The van der Waals surface area contributed by atoms with E-state index in [2.05, 4.69) is 9.97 Å². The van der Waals surface area contributed by atoms with Crippen molar-refractivity contribution < 1.29 is 0 Å². The molecule has 2 N–H and O–H groups in total. The highest BCUT2D eigenvalue weighted by molar-refractivity contribution is 5.73. The Hall–Kier alpha value is -2.36. The zero-order valence-electron chi connectivity index (χ0n) is 9.46. The second-order valence-electron chi connectivity index (χ2n) is 4.00. The molecule has 0 aliphatic carbocycles. The van der Waals surface area contributed by atoms with Crippen molar-refractivity contribution in [1.29, 1.82) is 0 Å². The number of hydrogen-bond acceptors (Lipinski definition) is 3. The van der Waals surface area contributed by atoms with Crippen molar-refractivity contribution in [2.45, 2.75) is 6.92 Å². The van der Waals surface area contributed by atoms with E-state index in [1.54, 1.807) is 12.5 Å². The molecule has 0 spiro atoms. The molecule has 0 saturated heterocycles. The lowest BCUT2D eigenvalue weighted by molar-refractivity contribution is 1.07. The largest absolute Gasteiger partial charge is 0.398 e. The highest BCUT2D eigenvalue weighted by Crippen LogP contribution is 2.19. The molecule has 0 radical (unpaired) electrons. The van der Waals surface area contributed by atoms with E-state index < -0.39 is 0 Å². The summed E-state index contributed by atoms with van der Waals surface area (Å²) in [7, 11) is 0. The van der Waals surface area contributed by atoms with Crippen molar-refractivity contribution in [3.05, 3.63) is 48.4 Å². The summed E-state index contributed by atoms with van der Waals surface area (Å²) in [5, 5.41) is 0. The molecule has 3 aromatic rings. The molecule has 0 aliphatic heterocycles. The second-order valence-corrected chi connectivity index (χ2v) is 4.00. The smallest absolute Gasteiger partial charge is 0.164 e. The molecule has 2 heterocycles. The Morgan fingerprint density at radius 2 is 2.06 bits per heavy atom. The molecule has 1 aromatic carbocycles. The van der Waals surface area contributed by atoms with E-state index in [4.69, 9.17) is 5.73 Å². The van der Waals surface area contributed by atoms with Crippen LogP contribution in [0.2, 0.25) is 0 Å². The number of nitrogens with zero attached hydrogens (tertiary/aromatic N) is 3. The number of nitrogens with two attached hydrogens (primary N) is 1. The first kappa shape index (κ1) is 9.84. The molecule has 4 heteroatoms. The standard InChI is InChI=1S/C13H12N4/c1-9-4-5-10(7-11(9)14)17-8-16-12-3-2-6-15-13(12)17/h2-8H,14H2,1H3. The Balaban J connectivity index is 2.24. The highest BCUT2D eigenvalue weighted by Gasteiger charge is 2.05. The number of nitrogen functional groups attached to an aromatic ring is 1.